The topological polar surface area (TPSA) is 77.5 Å². The molecule has 1 heterocycles. The first kappa shape index (κ1) is 26.6. The number of hydrogen-bond donors (Lipinski definition) is 1. The van der Waals surface area contributed by atoms with Gasteiger partial charge in [0, 0.05) is 26.4 Å². The van der Waals surface area contributed by atoms with E-state index in [0.29, 0.717) is 45.4 Å². The Morgan fingerprint density at radius 1 is 1.00 bits per heavy atom. The zero-order valence-electron chi connectivity index (χ0n) is 20.0. The van der Waals surface area contributed by atoms with Gasteiger partial charge in [0.15, 0.2) is 0 Å². The lowest BCUT2D eigenvalue weighted by molar-refractivity contribution is -0.0665. The fourth-order valence-electron chi connectivity index (χ4n) is 3.02. The number of amides is 1. The number of hydrogen-bond acceptors (Lipinski definition) is 6. The molecule has 1 aliphatic heterocycles. The minimum absolute atomic E-state index is 0.111. The number of nitrogens with zero attached hydrogens (tertiary/aromatic N) is 1. The van der Waals surface area contributed by atoms with Gasteiger partial charge in [-0.05, 0) is 58.4 Å². The molecule has 0 atom stereocenters. The zero-order chi connectivity index (χ0) is 23.2. The molecule has 1 aromatic rings. The van der Waals surface area contributed by atoms with Crippen molar-refractivity contribution in [3.63, 3.8) is 0 Å². The van der Waals surface area contributed by atoms with E-state index in [-0.39, 0.29) is 18.8 Å². The first-order chi connectivity index (χ1) is 15.4. The number of rotatable bonds is 11. The van der Waals surface area contributed by atoms with E-state index in [1.54, 1.807) is 4.90 Å². The highest BCUT2D eigenvalue weighted by molar-refractivity contribution is 5.69. The fraction of sp³-hybridized carbons (Fsp3) is 0.720. The zero-order valence-corrected chi connectivity index (χ0v) is 20.0. The van der Waals surface area contributed by atoms with Gasteiger partial charge in [-0.25, -0.2) is 4.79 Å². The van der Waals surface area contributed by atoms with E-state index < -0.39 is 5.60 Å². The van der Waals surface area contributed by atoms with Crippen molar-refractivity contribution < 1.29 is 28.8 Å². The predicted molar refractivity (Wildman–Crippen MR) is 124 cm³/mol. The molecule has 2 aliphatic rings. The lowest BCUT2D eigenvalue weighted by Gasteiger charge is -2.39. The number of likely N-dealkylation sites (tertiary alicyclic amines) is 1. The number of carbonyl (C=O) groups excluding carboxylic acids is 1. The number of ether oxygens (including phenoxy) is 4. The average molecular weight is 452 g/mol. The second-order valence-corrected chi connectivity index (χ2v) is 9.27. The van der Waals surface area contributed by atoms with Crippen molar-refractivity contribution in [2.45, 2.75) is 77.3 Å². The molecule has 182 valence electrons. The maximum Gasteiger partial charge on any atom is 0.410 e. The van der Waals surface area contributed by atoms with Crippen LogP contribution in [0.5, 0.6) is 0 Å². The molecule has 1 saturated carbocycles. The van der Waals surface area contributed by atoms with E-state index in [4.69, 9.17) is 24.1 Å². The number of aliphatic hydroxyl groups is 1. The normalized spacial score (nSPS) is 16.6. The highest BCUT2D eigenvalue weighted by Crippen LogP contribution is 2.23. The van der Waals surface area contributed by atoms with E-state index in [0.717, 1.165) is 13.0 Å². The molecule has 7 nitrogen and oxygen atoms in total. The molecular formula is C25H41NO6. The molecule has 1 saturated heterocycles. The van der Waals surface area contributed by atoms with Gasteiger partial charge in [0.25, 0.3) is 0 Å². The SMILES string of the molecule is CC(C)(C)OC(=O)N1CC(OCCCOCCCO)C1.c1ccc(COC2CCC2)cc1. The molecule has 0 radical (unpaired) electrons. The second kappa shape index (κ2) is 14.5. The summed E-state index contributed by atoms with van der Waals surface area (Å²) in [4.78, 5) is 13.3. The van der Waals surface area contributed by atoms with Crippen LogP contribution >= 0.6 is 0 Å². The Labute approximate surface area is 193 Å². The lowest BCUT2D eigenvalue weighted by atomic mass is 9.96. The first-order valence-electron chi connectivity index (χ1n) is 11.8. The van der Waals surface area contributed by atoms with Crippen LogP contribution in [0.4, 0.5) is 4.79 Å². The summed E-state index contributed by atoms with van der Waals surface area (Å²) in [6.45, 7) is 9.58. The highest BCUT2D eigenvalue weighted by atomic mass is 16.6. The van der Waals surface area contributed by atoms with Crippen LogP contribution in [0.3, 0.4) is 0 Å². The predicted octanol–water partition coefficient (Wildman–Crippen LogP) is 4.17. The number of benzene rings is 1. The van der Waals surface area contributed by atoms with Gasteiger partial charge >= 0.3 is 6.09 Å². The number of carbonyl (C=O) groups is 1. The Balaban J connectivity index is 0.000000255. The summed E-state index contributed by atoms with van der Waals surface area (Å²) in [5.74, 6) is 0. The smallest absolute Gasteiger partial charge is 0.410 e. The molecule has 0 bridgehead atoms. The third-order valence-corrected chi connectivity index (χ3v) is 5.11. The summed E-state index contributed by atoms with van der Waals surface area (Å²) >= 11 is 0. The Kier molecular flexibility index (Phi) is 12.0. The van der Waals surface area contributed by atoms with Gasteiger partial charge in [0.05, 0.1) is 31.9 Å². The molecular weight excluding hydrogens is 410 g/mol. The Bertz CT molecular complexity index is 623. The van der Waals surface area contributed by atoms with Gasteiger partial charge < -0.3 is 29.0 Å². The van der Waals surface area contributed by atoms with Crippen LogP contribution in [0.15, 0.2) is 30.3 Å². The maximum atomic E-state index is 11.7. The summed E-state index contributed by atoms with van der Waals surface area (Å²) in [6.07, 6.45) is 5.75. The standard InChI is InChI=1S/C14H27NO5.C11H14O/c1-14(2,3)20-13(17)15-10-12(11-15)19-9-5-8-18-7-4-6-16;1-2-5-10(6-3-1)9-12-11-7-4-8-11/h12,16H,4-11H2,1-3H3;1-3,5-6,11H,4,7-9H2. The van der Waals surface area contributed by atoms with E-state index in [2.05, 4.69) is 24.3 Å². The molecule has 1 aliphatic carbocycles. The maximum absolute atomic E-state index is 11.7. The summed E-state index contributed by atoms with van der Waals surface area (Å²) in [5.41, 5.74) is 0.832. The van der Waals surface area contributed by atoms with Crippen LogP contribution in [0.1, 0.15) is 58.4 Å². The van der Waals surface area contributed by atoms with Crippen molar-refractivity contribution in [1.82, 2.24) is 4.90 Å². The van der Waals surface area contributed by atoms with Crippen LogP contribution in [0, 0.1) is 0 Å². The molecule has 3 rings (SSSR count). The first-order valence-corrected chi connectivity index (χ1v) is 11.8. The van der Waals surface area contributed by atoms with Crippen LogP contribution < -0.4 is 0 Å². The summed E-state index contributed by atoms with van der Waals surface area (Å²) in [5, 5.41) is 8.57. The van der Waals surface area contributed by atoms with Crippen LogP contribution in [-0.2, 0) is 25.6 Å². The van der Waals surface area contributed by atoms with Crippen LogP contribution in [-0.4, -0.2) is 73.4 Å². The summed E-state index contributed by atoms with van der Waals surface area (Å²) in [7, 11) is 0. The Hall–Kier alpha value is -1.67. The van der Waals surface area contributed by atoms with Gasteiger partial charge in [0.2, 0.25) is 0 Å². The summed E-state index contributed by atoms with van der Waals surface area (Å²) in [6, 6.07) is 10.4. The van der Waals surface area contributed by atoms with Crippen LogP contribution in [0.25, 0.3) is 0 Å². The van der Waals surface area contributed by atoms with Gasteiger partial charge in [0.1, 0.15) is 5.60 Å². The van der Waals surface area contributed by atoms with Crippen molar-refractivity contribution in [2.75, 3.05) is 39.5 Å². The van der Waals surface area contributed by atoms with E-state index in [1.165, 1.54) is 24.8 Å². The quantitative estimate of drug-likeness (QED) is 0.509. The highest BCUT2D eigenvalue weighted by Gasteiger charge is 2.34. The fourth-order valence-corrected chi connectivity index (χ4v) is 3.02. The molecule has 0 spiro atoms. The number of aliphatic hydroxyl groups excluding tert-OH is 1. The second-order valence-electron chi connectivity index (χ2n) is 9.27. The molecule has 1 aromatic carbocycles. The monoisotopic (exact) mass is 451 g/mol. The molecule has 32 heavy (non-hydrogen) atoms. The third kappa shape index (κ3) is 11.3. The average Bonchev–Trinajstić information content (AvgIpc) is 2.67. The van der Waals surface area contributed by atoms with Gasteiger partial charge in [-0.2, -0.15) is 0 Å². The molecule has 7 heteroatoms. The third-order valence-electron chi connectivity index (χ3n) is 5.11. The van der Waals surface area contributed by atoms with Gasteiger partial charge in [-0.15, -0.1) is 0 Å². The van der Waals surface area contributed by atoms with Gasteiger partial charge in [-0.1, -0.05) is 30.3 Å². The minimum Gasteiger partial charge on any atom is -0.444 e. The van der Waals surface area contributed by atoms with Crippen molar-refractivity contribution in [3.05, 3.63) is 35.9 Å². The minimum atomic E-state index is -0.449. The van der Waals surface area contributed by atoms with Crippen molar-refractivity contribution in [1.29, 1.82) is 0 Å². The lowest BCUT2D eigenvalue weighted by Crippen LogP contribution is -2.56. The molecule has 2 fully saturated rings. The molecule has 1 amide bonds. The van der Waals surface area contributed by atoms with E-state index >= 15 is 0 Å². The van der Waals surface area contributed by atoms with E-state index in [1.807, 2.05) is 26.8 Å². The molecule has 0 unspecified atom stereocenters. The van der Waals surface area contributed by atoms with E-state index in [9.17, 15) is 4.79 Å². The molecule has 1 N–H and O–H groups in total. The van der Waals surface area contributed by atoms with Crippen molar-refractivity contribution in [2.24, 2.45) is 0 Å². The van der Waals surface area contributed by atoms with Crippen molar-refractivity contribution >= 4 is 6.09 Å². The van der Waals surface area contributed by atoms with Crippen molar-refractivity contribution in [3.8, 4) is 0 Å². The Morgan fingerprint density at radius 3 is 2.28 bits per heavy atom. The summed E-state index contributed by atoms with van der Waals surface area (Å²) < 4.78 is 21.8. The Morgan fingerprint density at radius 2 is 1.69 bits per heavy atom. The van der Waals surface area contributed by atoms with Gasteiger partial charge in [-0.3, -0.25) is 0 Å². The largest absolute Gasteiger partial charge is 0.444 e. The molecule has 0 aromatic heterocycles. The van der Waals surface area contributed by atoms with Crippen LogP contribution in [0.2, 0.25) is 0 Å².